The predicted molar refractivity (Wildman–Crippen MR) is 201 cm³/mol. The number of nitrogens with zero attached hydrogens (tertiary/aromatic N) is 4. The summed E-state index contributed by atoms with van der Waals surface area (Å²) in [6.45, 7) is 8.62. The first-order chi connectivity index (χ1) is 24.1. The van der Waals surface area contributed by atoms with Gasteiger partial charge in [-0.15, -0.1) is 0 Å². The fraction of sp³-hybridized carbons (Fsp3) is 0.410. The van der Waals surface area contributed by atoms with Gasteiger partial charge >= 0.3 is 0 Å². The molecule has 264 valence electrons. The monoisotopic (exact) mass is 716 g/mol. The fourth-order valence-electron chi connectivity index (χ4n) is 6.86. The van der Waals surface area contributed by atoms with Crippen molar-refractivity contribution in [3.63, 3.8) is 0 Å². The second-order valence-corrected chi connectivity index (χ2v) is 14.4. The van der Waals surface area contributed by atoms with Crippen molar-refractivity contribution < 1.29 is 14.3 Å². The molecule has 4 heterocycles. The Morgan fingerprint density at radius 2 is 1.64 bits per heavy atom. The van der Waals surface area contributed by atoms with E-state index in [1.165, 1.54) is 0 Å². The minimum Gasteiger partial charge on any atom is -0.496 e. The third-order valence-electron chi connectivity index (χ3n) is 10.1. The normalized spacial score (nSPS) is 16.7. The topological polar surface area (TPSA) is 106 Å². The second-order valence-electron chi connectivity index (χ2n) is 13.7. The van der Waals surface area contributed by atoms with Gasteiger partial charge in [-0.2, -0.15) is 0 Å². The average molecular weight is 718 g/mol. The number of halogens is 2. The molecular formula is C39H46Cl2N6O3. The van der Waals surface area contributed by atoms with Gasteiger partial charge in [0.25, 0.3) is 0 Å². The Hall–Kier alpha value is -3.73. The Balaban J connectivity index is 1.21. The number of piperidine rings is 2. The summed E-state index contributed by atoms with van der Waals surface area (Å²) in [5.74, 6) is 1.47. The van der Waals surface area contributed by atoms with E-state index < -0.39 is 0 Å². The van der Waals surface area contributed by atoms with Crippen LogP contribution in [0.3, 0.4) is 0 Å². The van der Waals surface area contributed by atoms with Gasteiger partial charge in [0.15, 0.2) is 0 Å². The van der Waals surface area contributed by atoms with E-state index in [4.69, 9.17) is 43.4 Å². The van der Waals surface area contributed by atoms with Gasteiger partial charge in [-0.3, -0.25) is 14.7 Å². The Morgan fingerprint density at radius 3 is 2.34 bits per heavy atom. The highest BCUT2D eigenvalue weighted by molar-refractivity contribution is 6.39. The van der Waals surface area contributed by atoms with E-state index in [0.717, 1.165) is 97.5 Å². The molecule has 0 saturated carbocycles. The Kier molecular flexibility index (Phi) is 11.3. The second kappa shape index (κ2) is 15.7. The highest BCUT2D eigenvalue weighted by atomic mass is 35.5. The van der Waals surface area contributed by atoms with Crippen LogP contribution in [-0.4, -0.2) is 77.7 Å². The predicted octanol–water partition coefficient (Wildman–Crippen LogP) is 7.22. The molecular weight excluding hydrogens is 671 g/mol. The van der Waals surface area contributed by atoms with Gasteiger partial charge in [-0.1, -0.05) is 59.6 Å². The van der Waals surface area contributed by atoms with E-state index in [-0.39, 0.29) is 11.4 Å². The number of pyridine rings is 2. The number of rotatable bonds is 10. The quantitative estimate of drug-likeness (QED) is 0.177. The molecule has 3 N–H and O–H groups in total. The lowest BCUT2D eigenvalue weighted by Crippen LogP contribution is -2.47. The summed E-state index contributed by atoms with van der Waals surface area (Å²) >= 11 is 14.2. The summed E-state index contributed by atoms with van der Waals surface area (Å²) in [7, 11) is 3.32. The summed E-state index contributed by atoms with van der Waals surface area (Å²) < 4.78 is 11.6. The SMILES string of the molecule is COc1cc(-c2nccc(-c3cccc(-c4ccc(CNC5CCN(C(C)=O)CC5)c(OC)n4)c3Cl)c2Cl)ccc1CN1CCC(C)(N)CC1. The van der Waals surface area contributed by atoms with Crippen molar-refractivity contribution in [2.24, 2.45) is 5.73 Å². The van der Waals surface area contributed by atoms with Crippen LogP contribution in [0.5, 0.6) is 11.6 Å². The lowest BCUT2D eigenvalue weighted by atomic mass is 9.91. The fourth-order valence-corrected chi connectivity index (χ4v) is 7.51. The van der Waals surface area contributed by atoms with Crippen LogP contribution in [0.2, 0.25) is 10.0 Å². The summed E-state index contributed by atoms with van der Waals surface area (Å²) in [6, 6.07) is 18.2. The molecule has 4 aromatic rings. The van der Waals surface area contributed by atoms with E-state index in [9.17, 15) is 4.79 Å². The number of amides is 1. The van der Waals surface area contributed by atoms with Crippen molar-refractivity contribution >= 4 is 29.1 Å². The van der Waals surface area contributed by atoms with Gasteiger partial charge in [-0.25, -0.2) is 4.98 Å². The number of ether oxygens (including phenoxy) is 2. The Morgan fingerprint density at radius 1 is 0.940 bits per heavy atom. The number of nitrogens with one attached hydrogen (secondary N) is 1. The van der Waals surface area contributed by atoms with E-state index >= 15 is 0 Å². The molecule has 2 aromatic carbocycles. The van der Waals surface area contributed by atoms with Crippen LogP contribution in [0.25, 0.3) is 33.6 Å². The lowest BCUT2D eigenvalue weighted by Gasteiger charge is -2.36. The maximum atomic E-state index is 11.7. The first-order valence-electron chi connectivity index (χ1n) is 17.2. The first kappa shape index (κ1) is 36.1. The molecule has 2 saturated heterocycles. The van der Waals surface area contributed by atoms with Gasteiger partial charge < -0.3 is 25.4 Å². The molecule has 2 aromatic heterocycles. The zero-order valence-corrected chi connectivity index (χ0v) is 30.8. The minimum atomic E-state index is -0.0939. The number of carbonyl (C=O) groups is 1. The largest absolute Gasteiger partial charge is 0.496 e. The van der Waals surface area contributed by atoms with Gasteiger partial charge in [0, 0.05) is 97.4 Å². The number of hydrogen-bond donors (Lipinski definition) is 2. The summed E-state index contributed by atoms with van der Waals surface area (Å²) in [5, 5.41) is 4.65. The highest BCUT2D eigenvalue weighted by Crippen LogP contribution is 2.42. The molecule has 1 amide bonds. The molecule has 11 heteroatoms. The molecule has 0 bridgehead atoms. The molecule has 2 fully saturated rings. The third-order valence-corrected chi connectivity index (χ3v) is 10.9. The number of nitrogens with two attached hydrogens (primary N) is 1. The molecule has 0 unspecified atom stereocenters. The van der Waals surface area contributed by atoms with Crippen LogP contribution in [-0.2, 0) is 17.9 Å². The van der Waals surface area contributed by atoms with Crippen molar-refractivity contribution in [2.45, 2.75) is 64.2 Å². The molecule has 6 rings (SSSR count). The zero-order valence-electron chi connectivity index (χ0n) is 29.3. The molecule has 2 aliphatic rings. The van der Waals surface area contributed by atoms with Crippen molar-refractivity contribution in [3.8, 4) is 45.3 Å². The summed E-state index contributed by atoms with van der Waals surface area (Å²) in [5.41, 5.74) is 12.8. The molecule has 9 nitrogen and oxygen atoms in total. The van der Waals surface area contributed by atoms with Crippen molar-refractivity contribution in [3.05, 3.63) is 82.0 Å². The molecule has 50 heavy (non-hydrogen) atoms. The van der Waals surface area contributed by atoms with Crippen LogP contribution in [0, 0.1) is 0 Å². The average Bonchev–Trinajstić information content (AvgIpc) is 3.12. The van der Waals surface area contributed by atoms with Crippen LogP contribution in [0.4, 0.5) is 0 Å². The number of benzene rings is 2. The van der Waals surface area contributed by atoms with Gasteiger partial charge in [0.05, 0.1) is 35.7 Å². The molecule has 0 atom stereocenters. The maximum absolute atomic E-state index is 11.7. The number of likely N-dealkylation sites (tertiary alicyclic amines) is 2. The van der Waals surface area contributed by atoms with E-state index in [0.29, 0.717) is 39.9 Å². The Labute approximate surface area is 305 Å². The van der Waals surface area contributed by atoms with Crippen LogP contribution in [0.15, 0.2) is 60.8 Å². The molecule has 0 aliphatic carbocycles. The van der Waals surface area contributed by atoms with Crippen molar-refractivity contribution in [1.82, 2.24) is 25.1 Å². The minimum absolute atomic E-state index is 0.0939. The highest BCUT2D eigenvalue weighted by Gasteiger charge is 2.27. The van der Waals surface area contributed by atoms with Gasteiger partial charge in [0.2, 0.25) is 11.8 Å². The van der Waals surface area contributed by atoms with Crippen molar-refractivity contribution in [2.75, 3.05) is 40.4 Å². The van der Waals surface area contributed by atoms with E-state index in [1.807, 2.05) is 53.4 Å². The zero-order chi connectivity index (χ0) is 35.4. The first-order valence-corrected chi connectivity index (χ1v) is 18.0. The summed E-state index contributed by atoms with van der Waals surface area (Å²) in [4.78, 5) is 25.5. The van der Waals surface area contributed by atoms with Crippen LogP contribution in [0.1, 0.15) is 50.7 Å². The van der Waals surface area contributed by atoms with Crippen LogP contribution < -0.4 is 20.5 Å². The number of aromatic nitrogens is 2. The van der Waals surface area contributed by atoms with Crippen LogP contribution >= 0.6 is 23.2 Å². The number of methoxy groups -OCH3 is 2. The van der Waals surface area contributed by atoms with Crippen molar-refractivity contribution in [1.29, 1.82) is 0 Å². The molecule has 2 aliphatic heterocycles. The Bertz CT molecular complexity index is 1830. The van der Waals surface area contributed by atoms with E-state index in [2.05, 4.69) is 28.2 Å². The molecule has 0 spiro atoms. The third kappa shape index (κ3) is 8.08. The number of hydrogen-bond acceptors (Lipinski definition) is 8. The standard InChI is InChI=1S/C39H46Cl2N6O3/c1-25(48)47-18-13-29(14-19-47)44-23-27-10-11-33(45-38(27)50-4)32-7-5-6-30(35(32)40)31-12-17-43-37(36(31)41)26-8-9-28(34(22-26)49-3)24-46-20-15-39(2,42)16-21-46/h5-12,17,22,29,44H,13-16,18-21,23-24,42H2,1-4H3. The lowest BCUT2D eigenvalue weighted by molar-refractivity contribution is -0.129. The molecule has 0 radical (unpaired) electrons. The summed E-state index contributed by atoms with van der Waals surface area (Å²) in [6.07, 6.45) is 5.54. The van der Waals surface area contributed by atoms with E-state index in [1.54, 1.807) is 27.3 Å². The van der Waals surface area contributed by atoms with Gasteiger partial charge in [0.1, 0.15) is 5.75 Å². The van der Waals surface area contributed by atoms with Gasteiger partial charge in [-0.05, 0) is 50.8 Å². The number of carbonyl (C=O) groups excluding carboxylic acids is 1. The maximum Gasteiger partial charge on any atom is 0.219 e. The smallest absolute Gasteiger partial charge is 0.219 e.